The number of epoxide rings is 1. The Morgan fingerprint density at radius 2 is 1.65 bits per heavy atom. The van der Waals surface area contributed by atoms with Crippen LogP contribution < -0.4 is 0 Å². The predicted octanol–water partition coefficient (Wildman–Crippen LogP) is 4.87. The number of carbonyl (C=O) groups is 2. The number of hydrogen-bond donors (Lipinski definition) is 0. The van der Waals surface area contributed by atoms with E-state index in [1.165, 1.54) is 0 Å². The first-order valence-corrected chi connectivity index (χ1v) is 10.5. The smallest absolute Gasteiger partial charge is 0.133 e. The molecule has 2 heterocycles. The maximum absolute atomic E-state index is 12.4. The van der Waals surface area contributed by atoms with Crippen molar-refractivity contribution in [3.8, 4) is 0 Å². The second-order valence-corrected chi connectivity index (χ2v) is 9.08. The van der Waals surface area contributed by atoms with Crippen LogP contribution in [-0.2, 0) is 19.1 Å². The summed E-state index contributed by atoms with van der Waals surface area (Å²) in [6.07, 6.45) is 7.09. The molecule has 4 heteroatoms. The predicted molar refractivity (Wildman–Crippen MR) is 103 cm³/mol. The molecule has 2 aliphatic heterocycles. The molecule has 4 atom stereocenters. The maximum atomic E-state index is 12.4. The first kappa shape index (κ1) is 21.6. The summed E-state index contributed by atoms with van der Waals surface area (Å²) in [7, 11) is 0. The number of Topliss-reactive ketones (excluding diaryl/α,β-unsaturated/α-hetero) is 2. The molecule has 26 heavy (non-hydrogen) atoms. The maximum Gasteiger partial charge on any atom is 0.133 e. The average molecular weight is 367 g/mol. The zero-order chi connectivity index (χ0) is 19.4. The molecule has 0 aromatic rings. The highest BCUT2D eigenvalue weighted by Gasteiger charge is 2.62. The molecule has 0 amide bonds. The van der Waals surface area contributed by atoms with Crippen molar-refractivity contribution in [2.75, 3.05) is 6.61 Å². The molecule has 2 saturated heterocycles. The molecule has 0 aliphatic carbocycles. The Labute approximate surface area is 159 Å². The molecule has 150 valence electrons. The van der Waals surface area contributed by atoms with Crippen LogP contribution in [0.4, 0.5) is 0 Å². The Bertz CT molecular complexity index is 498. The van der Waals surface area contributed by atoms with Gasteiger partial charge in [-0.1, -0.05) is 27.2 Å². The van der Waals surface area contributed by atoms with Gasteiger partial charge in [-0.25, -0.2) is 0 Å². The van der Waals surface area contributed by atoms with Gasteiger partial charge in [-0.3, -0.25) is 9.59 Å². The summed E-state index contributed by atoms with van der Waals surface area (Å²) in [5, 5.41) is 0. The first-order chi connectivity index (χ1) is 12.2. The van der Waals surface area contributed by atoms with E-state index in [1.807, 2.05) is 0 Å². The molecule has 0 spiro atoms. The first-order valence-electron chi connectivity index (χ1n) is 10.5. The third kappa shape index (κ3) is 5.16. The molecule has 2 aliphatic rings. The van der Waals surface area contributed by atoms with Gasteiger partial charge in [0.05, 0.1) is 17.8 Å². The summed E-state index contributed by atoms with van der Waals surface area (Å²) < 4.78 is 12.2. The second-order valence-electron chi connectivity index (χ2n) is 9.08. The van der Waals surface area contributed by atoms with Crippen molar-refractivity contribution in [3.05, 3.63) is 0 Å². The van der Waals surface area contributed by atoms with Crippen molar-refractivity contribution in [1.82, 2.24) is 0 Å². The lowest BCUT2D eigenvalue weighted by Gasteiger charge is -2.36. The lowest BCUT2D eigenvalue weighted by atomic mass is 9.73. The molecular formula is C22H38O4. The van der Waals surface area contributed by atoms with Crippen molar-refractivity contribution in [3.63, 3.8) is 0 Å². The molecule has 0 aromatic heterocycles. The van der Waals surface area contributed by atoms with Crippen molar-refractivity contribution in [1.29, 1.82) is 0 Å². The number of fused-ring (bicyclic) bond motifs is 1. The molecule has 0 radical (unpaired) electrons. The van der Waals surface area contributed by atoms with E-state index in [0.29, 0.717) is 38.1 Å². The largest absolute Gasteiger partial charge is 0.378 e. The van der Waals surface area contributed by atoms with Gasteiger partial charge in [-0.15, -0.1) is 0 Å². The molecular weight excluding hydrogens is 328 g/mol. The van der Waals surface area contributed by atoms with Gasteiger partial charge >= 0.3 is 0 Å². The van der Waals surface area contributed by atoms with Crippen LogP contribution in [0.1, 0.15) is 92.4 Å². The quantitative estimate of drug-likeness (QED) is 0.654. The summed E-state index contributed by atoms with van der Waals surface area (Å²) in [4.78, 5) is 24.7. The van der Waals surface area contributed by atoms with Gasteiger partial charge in [0.25, 0.3) is 0 Å². The average Bonchev–Trinajstić information content (AvgIpc) is 3.23. The number of rotatable bonds is 2. The Hall–Kier alpha value is -0.740. The van der Waals surface area contributed by atoms with Gasteiger partial charge in [-0.2, -0.15) is 0 Å². The van der Waals surface area contributed by atoms with Crippen molar-refractivity contribution < 1.29 is 19.1 Å². The lowest BCUT2D eigenvalue weighted by molar-refractivity contribution is -0.122. The molecule has 0 saturated carbocycles. The van der Waals surface area contributed by atoms with E-state index >= 15 is 0 Å². The normalized spacial score (nSPS) is 37.2. The summed E-state index contributed by atoms with van der Waals surface area (Å²) in [5.74, 6) is 0.798. The van der Waals surface area contributed by atoms with Crippen molar-refractivity contribution in [2.24, 2.45) is 11.3 Å². The van der Waals surface area contributed by atoms with Gasteiger partial charge < -0.3 is 9.47 Å². The highest BCUT2D eigenvalue weighted by Crippen LogP contribution is 2.54. The third-order valence-electron chi connectivity index (χ3n) is 6.86. The Morgan fingerprint density at radius 3 is 2.27 bits per heavy atom. The molecule has 4 nitrogen and oxygen atoms in total. The van der Waals surface area contributed by atoms with Crippen LogP contribution >= 0.6 is 0 Å². The standard InChI is InChI=1S/C22H38O4/c1-6-9-17-14-18(23)10-7-12-20-22(5,26-20)21(3,4)16(2)25-13-8-11-19(24)15-17/h16-17,20H,6-15H2,1-5H3. The van der Waals surface area contributed by atoms with E-state index in [4.69, 9.17) is 9.47 Å². The van der Waals surface area contributed by atoms with Gasteiger partial charge in [0, 0.05) is 37.7 Å². The number of ketones is 2. The summed E-state index contributed by atoms with van der Waals surface area (Å²) in [6, 6.07) is 0. The summed E-state index contributed by atoms with van der Waals surface area (Å²) in [6.45, 7) is 11.4. The minimum atomic E-state index is -0.187. The fourth-order valence-electron chi connectivity index (χ4n) is 4.32. The van der Waals surface area contributed by atoms with Crippen LogP contribution in [0, 0.1) is 11.3 Å². The highest BCUT2D eigenvalue weighted by atomic mass is 16.6. The van der Waals surface area contributed by atoms with E-state index < -0.39 is 0 Å². The van der Waals surface area contributed by atoms with Crippen molar-refractivity contribution >= 4 is 11.6 Å². The SMILES string of the molecule is CCCC1CC(=O)CCCOC(C)C(C)(C)C2(C)OC2CCCC(=O)C1. The van der Waals surface area contributed by atoms with Gasteiger partial charge in [0.1, 0.15) is 11.6 Å². The summed E-state index contributed by atoms with van der Waals surface area (Å²) >= 11 is 0. The van der Waals surface area contributed by atoms with Crippen LogP contribution in [0.5, 0.6) is 0 Å². The van der Waals surface area contributed by atoms with E-state index in [9.17, 15) is 9.59 Å². The zero-order valence-electron chi connectivity index (χ0n) is 17.4. The number of hydrogen-bond acceptors (Lipinski definition) is 4. The van der Waals surface area contributed by atoms with Gasteiger partial charge in [-0.05, 0) is 45.4 Å². The van der Waals surface area contributed by atoms with Gasteiger partial charge in [0.2, 0.25) is 0 Å². The molecule has 4 unspecified atom stereocenters. The van der Waals surface area contributed by atoms with Crippen LogP contribution in [0.15, 0.2) is 0 Å². The number of ether oxygens (including phenoxy) is 2. The topological polar surface area (TPSA) is 55.9 Å². The van der Waals surface area contributed by atoms with Crippen LogP contribution in [0.3, 0.4) is 0 Å². The third-order valence-corrected chi connectivity index (χ3v) is 6.86. The Balaban J connectivity index is 2.02. The molecule has 0 N–H and O–H groups in total. The number of carbonyl (C=O) groups excluding carboxylic acids is 2. The van der Waals surface area contributed by atoms with E-state index in [0.717, 1.165) is 32.1 Å². The fourth-order valence-corrected chi connectivity index (χ4v) is 4.32. The fraction of sp³-hybridized carbons (Fsp3) is 0.909. The molecule has 0 bridgehead atoms. The minimum Gasteiger partial charge on any atom is -0.378 e. The van der Waals surface area contributed by atoms with Crippen LogP contribution in [0.25, 0.3) is 0 Å². The van der Waals surface area contributed by atoms with Crippen molar-refractivity contribution in [2.45, 2.75) is 110 Å². The van der Waals surface area contributed by atoms with Crippen LogP contribution in [0.2, 0.25) is 0 Å². The van der Waals surface area contributed by atoms with E-state index in [2.05, 4.69) is 34.6 Å². The van der Waals surface area contributed by atoms with Gasteiger partial charge in [0.15, 0.2) is 0 Å². The molecule has 0 aromatic carbocycles. The zero-order valence-corrected chi connectivity index (χ0v) is 17.4. The minimum absolute atomic E-state index is 0.0648. The second kappa shape index (κ2) is 8.97. The lowest BCUT2D eigenvalue weighted by Crippen LogP contribution is -2.43. The van der Waals surface area contributed by atoms with E-state index in [-0.39, 0.29) is 34.9 Å². The van der Waals surface area contributed by atoms with Crippen LogP contribution in [-0.4, -0.2) is 36.0 Å². The monoisotopic (exact) mass is 366 g/mol. The van der Waals surface area contributed by atoms with E-state index in [1.54, 1.807) is 0 Å². The molecule has 2 fully saturated rings. The summed E-state index contributed by atoms with van der Waals surface area (Å²) in [5.41, 5.74) is -0.290. The molecule has 2 rings (SSSR count). The Kier molecular flexibility index (Phi) is 7.43. The highest BCUT2D eigenvalue weighted by molar-refractivity contribution is 5.81. The Morgan fingerprint density at radius 1 is 1.04 bits per heavy atom.